The summed E-state index contributed by atoms with van der Waals surface area (Å²) in [5.41, 5.74) is 1.59. The number of nitrogens with zero attached hydrogens (tertiary/aromatic N) is 1. The molecule has 2 amide bonds. The summed E-state index contributed by atoms with van der Waals surface area (Å²) in [6.07, 6.45) is 1.49. The third-order valence-corrected chi connectivity index (χ3v) is 3.33. The number of nitrogens with one attached hydrogen (secondary N) is 2. The topological polar surface area (TPSA) is 71.1 Å². The summed E-state index contributed by atoms with van der Waals surface area (Å²) in [5, 5.41) is 5.49. The van der Waals surface area contributed by atoms with E-state index in [1.807, 2.05) is 36.4 Å². The zero-order valence-electron chi connectivity index (χ0n) is 13.3. The molecule has 0 unspecified atom stereocenters. The quantitative estimate of drug-likeness (QED) is 0.693. The Morgan fingerprint density at radius 3 is 1.76 bits per heavy atom. The molecule has 2 aromatic carbocycles. The fourth-order valence-corrected chi connectivity index (χ4v) is 2.20. The van der Waals surface area contributed by atoms with Crippen LogP contribution < -0.4 is 10.6 Å². The maximum absolute atomic E-state index is 12.5. The number of carbonyl (C=O) groups excluding carboxylic acids is 2. The van der Waals surface area contributed by atoms with Crippen LogP contribution in [0.15, 0.2) is 79.0 Å². The van der Waals surface area contributed by atoms with Crippen molar-refractivity contribution in [2.75, 3.05) is 10.6 Å². The number of pyridine rings is 1. The average Bonchev–Trinajstić information content (AvgIpc) is 2.63. The van der Waals surface area contributed by atoms with Crippen LogP contribution in [0.25, 0.3) is 0 Å². The summed E-state index contributed by atoms with van der Waals surface area (Å²) >= 11 is 0. The van der Waals surface area contributed by atoms with E-state index < -0.39 is 5.91 Å². The molecule has 2 N–H and O–H groups in total. The van der Waals surface area contributed by atoms with Crippen molar-refractivity contribution in [3.8, 4) is 0 Å². The summed E-state index contributed by atoms with van der Waals surface area (Å²) in [5.74, 6) is -0.812. The smallest absolute Gasteiger partial charge is 0.275 e. The normalized spacial score (nSPS) is 9.60. The molecule has 5 nitrogen and oxygen atoms in total. The van der Waals surface area contributed by atoms with Gasteiger partial charge >= 0.3 is 0 Å². The van der Waals surface area contributed by atoms with Gasteiger partial charge in [-0.3, -0.25) is 14.6 Å². The van der Waals surface area contributed by atoms with Gasteiger partial charge in [-0.1, -0.05) is 36.4 Å². The molecule has 25 heavy (non-hydrogen) atoms. The van der Waals surface area contributed by atoms with Crippen molar-refractivity contribution >= 4 is 23.2 Å². The standard InChI is InChI=1S/C19H15N3O2.Zr/c23-18(21-14-8-3-1-4-9-14)16-12-7-13-20-17(16)19(24)22-15-10-5-2-6-11-15;/h1-13H,(H,21,23)(H,22,24);. The number of anilines is 2. The summed E-state index contributed by atoms with van der Waals surface area (Å²) in [6.45, 7) is 0. The van der Waals surface area contributed by atoms with Gasteiger partial charge in [-0.25, -0.2) is 0 Å². The number of carbonyl (C=O) groups is 2. The van der Waals surface area contributed by atoms with Gasteiger partial charge in [0.25, 0.3) is 11.8 Å². The van der Waals surface area contributed by atoms with Gasteiger partial charge in [-0.15, -0.1) is 0 Å². The second-order valence-electron chi connectivity index (χ2n) is 5.04. The molecule has 0 aliphatic rings. The minimum atomic E-state index is -0.431. The van der Waals surface area contributed by atoms with Crippen molar-refractivity contribution in [3.63, 3.8) is 0 Å². The first kappa shape index (κ1) is 18.7. The monoisotopic (exact) mass is 407 g/mol. The Morgan fingerprint density at radius 2 is 1.20 bits per heavy atom. The maximum atomic E-state index is 12.5. The Morgan fingerprint density at radius 1 is 0.680 bits per heavy atom. The van der Waals surface area contributed by atoms with E-state index in [2.05, 4.69) is 15.6 Å². The fraction of sp³-hybridized carbons (Fsp3) is 0. The van der Waals surface area contributed by atoms with Gasteiger partial charge < -0.3 is 10.6 Å². The third kappa shape index (κ3) is 4.94. The van der Waals surface area contributed by atoms with Crippen LogP contribution in [-0.4, -0.2) is 16.8 Å². The molecule has 1 heterocycles. The molecule has 1 aromatic heterocycles. The Kier molecular flexibility index (Phi) is 6.78. The molecule has 3 rings (SSSR count). The third-order valence-electron chi connectivity index (χ3n) is 3.33. The Hall–Kier alpha value is -2.59. The van der Waals surface area contributed by atoms with Crippen LogP contribution >= 0.6 is 0 Å². The molecule has 0 radical (unpaired) electrons. The number of hydrogen-bond donors (Lipinski definition) is 2. The first-order valence-corrected chi connectivity index (χ1v) is 7.42. The molecule has 0 aliphatic heterocycles. The van der Waals surface area contributed by atoms with Crippen LogP contribution in [0.5, 0.6) is 0 Å². The maximum Gasteiger partial charge on any atom is 0.275 e. The van der Waals surface area contributed by atoms with Crippen LogP contribution in [0.2, 0.25) is 0 Å². The van der Waals surface area contributed by atoms with Crippen molar-refractivity contribution in [1.82, 2.24) is 4.98 Å². The first-order chi connectivity index (χ1) is 11.7. The molecule has 0 aliphatic carbocycles. The summed E-state index contributed by atoms with van der Waals surface area (Å²) in [6, 6.07) is 21.3. The molecule has 0 bridgehead atoms. The predicted octanol–water partition coefficient (Wildman–Crippen LogP) is 3.58. The van der Waals surface area contributed by atoms with Gasteiger partial charge in [0.05, 0.1) is 5.56 Å². The summed E-state index contributed by atoms with van der Waals surface area (Å²) in [7, 11) is 0. The number of amides is 2. The molecule has 0 atom stereocenters. The van der Waals surface area contributed by atoms with Crippen molar-refractivity contribution < 1.29 is 35.8 Å². The van der Waals surface area contributed by atoms with E-state index >= 15 is 0 Å². The zero-order valence-corrected chi connectivity index (χ0v) is 15.7. The Labute approximate surface area is 164 Å². The van der Waals surface area contributed by atoms with E-state index in [0.717, 1.165) is 0 Å². The molecule has 0 spiro atoms. The van der Waals surface area contributed by atoms with E-state index in [4.69, 9.17) is 0 Å². The van der Waals surface area contributed by atoms with E-state index in [9.17, 15) is 9.59 Å². The van der Waals surface area contributed by atoms with Crippen LogP contribution in [0.4, 0.5) is 11.4 Å². The van der Waals surface area contributed by atoms with Gasteiger partial charge in [0, 0.05) is 43.8 Å². The first-order valence-electron chi connectivity index (χ1n) is 7.42. The molecule has 0 fully saturated rings. The van der Waals surface area contributed by atoms with Gasteiger partial charge in [0.15, 0.2) is 0 Å². The molecule has 6 heteroatoms. The van der Waals surface area contributed by atoms with Crippen LogP contribution in [0, 0.1) is 0 Å². The number of rotatable bonds is 4. The number of para-hydroxylation sites is 2. The predicted molar refractivity (Wildman–Crippen MR) is 93.0 cm³/mol. The van der Waals surface area contributed by atoms with E-state index in [-0.39, 0.29) is 43.4 Å². The van der Waals surface area contributed by atoms with Crippen molar-refractivity contribution in [2.45, 2.75) is 0 Å². The average molecular weight is 409 g/mol. The fourth-order valence-electron chi connectivity index (χ4n) is 2.20. The summed E-state index contributed by atoms with van der Waals surface area (Å²) < 4.78 is 0. The Bertz CT molecular complexity index is 782. The van der Waals surface area contributed by atoms with Crippen LogP contribution in [-0.2, 0) is 26.2 Å². The van der Waals surface area contributed by atoms with E-state index in [1.165, 1.54) is 6.20 Å². The van der Waals surface area contributed by atoms with E-state index in [1.54, 1.807) is 36.4 Å². The second-order valence-corrected chi connectivity index (χ2v) is 5.04. The van der Waals surface area contributed by atoms with Gasteiger partial charge in [-0.2, -0.15) is 0 Å². The zero-order chi connectivity index (χ0) is 16.8. The summed E-state index contributed by atoms with van der Waals surface area (Å²) in [4.78, 5) is 29.0. The minimum Gasteiger partial charge on any atom is -0.322 e. The van der Waals surface area contributed by atoms with Crippen molar-refractivity contribution in [3.05, 3.63) is 90.3 Å². The minimum absolute atomic E-state index is 0. The SMILES string of the molecule is O=C(Nc1ccccc1)c1cccnc1C(=O)Nc1ccccc1.[Zr]. The molecule has 122 valence electrons. The number of aromatic nitrogens is 1. The van der Waals surface area contributed by atoms with Crippen molar-refractivity contribution in [1.29, 1.82) is 0 Å². The van der Waals surface area contributed by atoms with Crippen LogP contribution in [0.3, 0.4) is 0 Å². The van der Waals surface area contributed by atoms with Crippen molar-refractivity contribution in [2.24, 2.45) is 0 Å². The van der Waals surface area contributed by atoms with Gasteiger partial charge in [0.2, 0.25) is 0 Å². The van der Waals surface area contributed by atoms with Gasteiger partial charge in [0.1, 0.15) is 5.69 Å². The molecular formula is C19H15N3O2Zr. The molecule has 3 aromatic rings. The molecule has 0 saturated heterocycles. The van der Waals surface area contributed by atoms with Crippen LogP contribution in [0.1, 0.15) is 20.8 Å². The number of hydrogen-bond acceptors (Lipinski definition) is 3. The van der Waals surface area contributed by atoms with E-state index in [0.29, 0.717) is 11.4 Å². The molecular weight excluding hydrogens is 393 g/mol. The molecule has 0 saturated carbocycles. The Balaban J connectivity index is 0.00000225. The number of benzene rings is 2. The second kappa shape index (κ2) is 9.04. The van der Waals surface area contributed by atoms with Gasteiger partial charge in [-0.05, 0) is 36.4 Å². The largest absolute Gasteiger partial charge is 0.322 e.